The van der Waals surface area contributed by atoms with Crippen LogP contribution in [0.3, 0.4) is 0 Å². The number of nitrogens with zero attached hydrogens (tertiary/aromatic N) is 2. The summed E-state index contributed by atoms with van der Waals surface area (Å²) in [6.07, 6.45) is 2.41. The molecule has 2 saturated heterocycles. The lowest BCUT2D eigenvalue weighted by molar-refractivity contribution is -0.143. The number of carbonyl (C=O) groups excluding carboxylic acids is 3. The van der Waals surface area contributed by atoms with Gasteiger partial charge in [0.1, 0.15) is 5.75 Å². The Morgan fingerprint density at radius 3 is 2.67 bits per heavy atom. The van der Waals surface area contributed by atoms with Gasteiger partial charge in [0.2, 0.25) is 17.7 Å². The van der Waals surface area contributed by atoms with Crippen LogP contribution < -0.4 is 4.74 Å². The van der Waals surface area contributed by atoms with Crippen LogP contribution >= 0.6 is 0 Å². The van der Waals surface area contributed by atoms with E-state index in [1.54, 1.807) is 29.2 Å². The van der Waals surface area contributed by atoms with Crippen LogP contribution in [0, 0.1) is 0 Å². The summed E-state index contributed by atoms with van der Waals surface area (Å²) in [6, 6.07) is 6.81. The topological polar surface area (TPSA) is 87.2 Å². The normalized spacial score (nSPS) is 25.8. The van der Waals surface area contributed by atoms with Crippen molar-refractivity contribution in [2.75, 3.05) is 27.3 Å². The first-order valence-electron chi connectivity index (χ1n) is 9.29. The summed E-state index contributed by atoms with van der Waals surface area (Å²) in [4.78, 5) is 41.4. The molecule has 1 N–H and O–H groups in total. The monoisotopic (exact) mass is 374 g/mol. The Kier molecular flexibility index (Phi) is 5.51. The molecule has 7 heteroatoms. The highest BCUT2D eigenvalue weighted by Gasteiger charge is 2.54. The molecule has 27 heavy (non-hydrogen) atoms. The number of rotatable bonds is 5. The van der Waals surface area contributed by atoms with E-state index in [0.717, 1.165) is 24.2 Å². The largest absolute Gasteiger partial charge is 0.496 e. The number of aliphatic hydroxyl groups is 1. The predicted octanol–water partition coefficient (Wildman–Crippen LogP) is 1.09. The molecule has 3 rings (SSSR count). The molecule has 0 bridgehead atoms. The van der Waals surface area contributed by atoms with Crippen molar-refractivity contribution in [2.24, 2.45) is 0 Å². The van der Waals surface area contributed by atoms with Gasteiger partial charge in [-0.15, -0.1) is 0 Å². The number of imide groups is 1. The van der Waals surface area contributed by atoms with Crippen molar-refractivity contribution in [2.45, 2.75) is 43.6 Å². The molecule has 2 heterocycles. The number of carbonyl (C=O) groups is 3. The zero-order valence-electron chi connectivity index (χ0n) is 15.8. The number of benzene rings is 1. The van der Waals surface area contributed by atoms with Crippen molar-refractivity contribution >= 4 is 17.7 Å². The maximum Gasteiger partial charge on any atom is 0.240 e. The van der Waals surface area contributed by atoms with Crippen molar-refractivity contribution in [3.63, 3.8) is 0 Å². The van der Waals surface area contributed by atoms with E-state index in [-0.39, 0.29) is 43.2 Å². The van der Waals surface area contributed by atoms with E-state index >= 15 is 0 Å². The molecule has 0 aliphatic carbocycles. The van der Waals surface area contributed by atoms with Crippen LogP contribution in [-0.2, 0) is 19.8 Å². The zero-order valence-corrected chi connectivity index (χ0v) is 15.8. The second kappa shape index (κ2) is 7.68. The maximum absolute atomic E-state index is 13.2. The van der Waals surface area contributed by atoms with Gasteiger partial charge < -0.3 is 14.7 Å². The maximum atomic E-state index is 13.2. The second-order valence-electron chi connectivity index (χ2n) is 7.31. The third kappa shape index (κ3) is 3.32. The standard InChI is InChI=1S/C20H26N2O5/c1-21-17(24)11-20(19(21)26,15-8-3-4-9-16(15)27-2)12-18(25)22-10-6-5-7-14(22)13-23/h3-4,8-9,14,23H,5-7,10-13H2,1-2H3/t14-,20+/m0/s1. The van der Waals surface area contributed by atoms with E-state index < -0.39 is 5.41 Å². The van der Waals surface area contributed by atoms with Gasteiger partial charge in [0.05, 0.1) is 25.2 Å². The number of aliphatic hydroxyl groups excluding tert-OH is 1. The molecule has 1 aromatic carbocycles. The Hall–Kier alpha value is -2.41. The highest BCUT2D eigenvalue weighted by Crippen LogP contribution is 2.44. The van der Waals surface area contributed by atoms with Gasteiger partial charge in [0.25, 0.3) is 0 Å². The lowest BCUT2D eigenvalue weighted by Crippen LogP contribution is -2.49. The number of para-hydroxylation sites is 1. The minimum Gasteiger partial charge on any atom is -0.496 e. The summed E-state index contributed by atoms with van der Waals surface area (Å²) in [5.41, 5.74) is -0.714. The SMILES string of the molecule is COc1ccccc1[C@]1(CC(=O)N2CCCC[C@H]2CO)CC(=O)N(C)C1=O. The van der Waals surface area contributed by atoms with Gasteiger partial charge >= 0.3 is 0 Å². The van der Waals surface area contributed by atoms with Crippen LogP contribution in [0.15, 0.2) is 24.3 Å². The van der Waals surface area contributed by atoms with Crippen molar-refractivity contribution < 1.29 is 24.2 Å². The Morgan fingerprint density at radius 2 is 2.04 bits per heavy atom. The van der Waals surface area contributed by atoms with Gasteiger partial charge in [-0.2, -0.15) is 0 Å². The molecule has 3 amide bonds. The lowest BCUT2D eigenvalue weighted by atomic mass is 9.75. The minimum absolute atomic E-state index is 0.0634. The molecule has 0 saturated carbocycles. The summed E-state index contributed by atoms with van der Waals surface area (Å²) >= 11 is 0. The quantitative estimate of drug-likeness (QED) is 0.780. The van der Waals surface area contributed by atoms with Crippen molar-refractivity contribution in [3.05, 3.63) is 29.8 Å². The fourth-order valence-electron chi connectivity index (χ4n) is 4.25. The van der Waals surface area contributed by atoms with E-state index in [2.05, 4.69) is 0 Å². The van der Waals surface area contributed by atoms with Crippen LogP contribution in [0.25, 0.3) is 0 Å². The zero-order chi connectivity index (χ0) is 19.6. The van der Waals surface area contributed by atoms with Crippen LogP contribution in [0.1, 0.15) is 37.7 Å². The van der Waals surface area contributed by atoms with E-state index in [4.69, 9.17) is 4.74 Å². The summed E-state index contributed by atoms with van der Waals surface area (Å²) in [7, 11) is 2.95. The predicted molar refractivity (Wildman–Crippen MR) is 98.1 cm³/mol. The summed E-state index contributed by atoms with van der Waals surface area (Å²) in [5.74, 6) is -0.422. The fourth-order valence-corrected chi connectivity index (χ4v) is 4.25. The number of methoxy groups -OCH3 is 1. The molecule has 0 spiro atoms. The van der Waals surface area contributed by atoms with Gasteiger partial charge in [0.15, 0.2) is 0 Å². The first kappa shape index (κ1) is 19.4. The van der Waals surface area contributed by atoms with Crippen LogP contribution in [0.4, 0.5) is 0 Å². The van der Waals surface area contributed by atoms with E-state index in [1.165, 1.54) is 14.2 Å². The highest BCUT2D eigenvalue weighted by atomic mass is 16.5. The van der Waals surface area contributed by atoms with Crippen molar-refractivity contribution in [1.82, 2.24) is 9.80 Å². The molecule has 2 atom stereocenters. The fraction of sp³-hybridized carbons (Fsp3) is 0.550. The molecule has 2 aliphatic rings. The molecule has 0 radical (unpaired) electrons. The van der Waals surface area contributed by atoms with E-state index in [1.807, 2.05) is 0 Å². The third-order valence-corrected chi connectivity index (χ3v) is 5.77. The molecule has 0 unspecified atom stereocenters. The summed E-state index contributed by atoms with van der Waals surface area (Å²) < 4.78 is 5.42. The number of hydrogen-bond donors (Lipinski definition) is 1. The Morgan fingerprint density at radius 1 is 1.30 bits per heavy atom. The Labute approximate surface area is 158 Å². The number of ether oxygens (including phenoxy) is 1. The van der Waals surface area contributed by atoms with Gasteiger partial charge in [-0.05, 0) is 25.3 Å². The number of piperidine rings is 1. The molecule has 1 aromatic rings. The van der Waals surface area contributed by atoms with Gasteiger partial charge in [-0.3, -0.25) is 19.3 Å². The first-order chi connectivity index (χ1) is 12.9. The number of likely N-dealkylation sites (tertiary alicyclic amines) is 2. The summed E-state index contributed by atoms with van der Waals surface area (Å²) in [5, 5.41) is 9.63. The van der Waals surface area contributed by atoms with Crippen molar-refractivity contribution in [1.29, 1.82) is 0 Å². The smallest absolute Gasteiger partial charge is 0.240 e. The molecule has 2 aliphatic heterocycles. The number of hydrogen-bond acceptors (Lipinski definition) is 5. The molecule has 7 nitrogen and oxygen atoms in total. The van der Waals surface area contributed by atoms with Gasteiger partial charge in [-0.1, -0.05) is 18.2 Å². The number of amides is 3. The average Bonchev–Trinajstić information content (AvgIpc) is 2.92. The first-order valence-corrected chi connectivity index (χ1v) is 9.29. The van der Waals surface area contributed by atoms with Crippen LogP contribution in [0.2, 0.25) is 0 Å². The van der Waals surface area contributed by atoms with Gasteiger partial charge in [0, 0.05) is 32.0 Å². The average molecular weight is 374 g/mol. The third-order valence-electron chi connectivity index (χ3n) is 5.77. The summed E-state index contributed by atoms with van der Waals surface area (Å²) in [6.45, 7) is 0.463. The molecular formula is C20H26N2O5. The lowest BCUT2D eigenvalue weighted by Gasteiger charge is -2.37. The van der Waals surface area contributed by atoms with Crippen LogP contribution in [0.5, 0.6) is 5.75 Å². The van der Waals surface area contributed by atoms with E-state index in [0.29, 0.717) is 17.9 Å². The van der Waals surface area contributed by atoms with Crippen molar-refractivity contribution in [3.8, 4) is 5.75 Å². The van der Waals surface area contributed by atoms with Crippen LogP contribution in [-0.4, -0.2) is 66.0 Å². The van der Waals surface area contributed by atoms with E-state index in [9.17, 15) is 19.5 Å². The highest BCUT2D eigenvalue weighted by molar-refractivity contribution is 6.10. The molecule has 146 valence electrons. The molecule has 2 fully saturated rings. The minimum atomic E-state index is -1.27. The molecule has 0 aromatic heterocycles. The Balaban J connectivity index is 2.00. The Bertz CT molecular complexity index is 750. The second-order valence-corrected chi connectivity index (χ2v) is 7.31. The molecular weight excluding hydrogens is 348 g/mol. The number of likely N-dealkylation sites (N-methyl/N-ethyl adjacent to an activating group) is 1. The van der Waals surface area contributed by atoms with Gasteiger partial charge in [-0.25, -0.2) is 0 Å².